The van der Waals surface area contributed by atoms with Crippen LogP contribution in [-0.2, 0) is 23.2 Å². The number of aromatic nitrogens is 2. The molecule has 1 rings (SSSR count). The van der Waals surface area contributed by atoms with Gasteiger partial charge in [0.2, 0.25) is 5.91 Å². The first kappa shape index (κ1) is 15.2. The van der Waals surface area contributed by atoms with Crippen molar-refractivity contribution in [2.45, 2.75) is 40.2 Å². The van der Waals surface area contributed by atoms with Gasteiger partial charge >= 0.3 is 5.97 Å². The summed E-state index contributed by atoms with van der Waals surface area (Å²) >= 11 is 0. The van der Waals surface area contributed by atoms with Gasteiger partial charge in [0, 0.05) is 31.3 Å². The van der Waals surface area contributed by atoms with Gasteiger partial charge in [0.1, 0.15) is 0 Å². The lowest BCUT2D eigenvalue weighted by atomic mass is 9.85. The fraction of sp³-hybridized carbons (Fsp3) is 0.615. The van der Waals surface area contributed by atoms with E-state index in [1.165, 1.54) is 0 Å². The molecule has 19 heavy (non-hydrogen) atoms. The topological polar surface area (TPSA) is 84.2 Å². The highest BCUT2D eigenvalue weighted by Crippen LogP contribution is 2.24. The van der Waals surface area contributed by atoms with Gasteiger partial charge in [-0.2, -0.15) is 5.10 Å². The van der Waals surface area contributed by atoms with Gasteiger partial charge in [-0.3, -0.25) is 14.3 Å². The van der Waals surface area contributed by atoms with Crippen molar-refractivity contribution in [3.8, 4) is 0 Å². The molecule has 0 saturated carbocycles. The van der Waals surface area contributed by atoms with E-state index in [1.807, 2.05) is 14.0 Å². The number of rotatable bonds is 6. The maximum Gasteiger partial charge on any atom is 0.303 e. The summed E-state index contributed by atoms with van der Waals surface area (Å²) in [5.74, 6) is -1.03. The summed E-state index contributed by atoms with van der Waals surface area (Å²) in [5, 5.41) is 15.7. The Kier molecular flexibility index (Phi) is 4.69. The molecule has 0 fully saturated rings. The molecule has 0 spiro atoms. The summed E-state index contributed by atoms with van der Waals surface area (Å²) in [7, 11) is 1.84. The Morgan fingerprint density at radius 2 is 2.05 bits per heavy atom. The van der Waals surface area contributed by atoms with Gasteiger partial charge in [0.25, 0.3) is 0 Å². The molecule has 1 aromatic heterocycles. The highest BCUT2D eigenvalue weighted by Gasteiger charge is 2.25. The second-order valence-corrected chi connectivity index (χ2v) is 5.57. The number of hydrogen-bond donors (Lipinski definition) is 2. The number of carboxylic acid groups (broad SMARTS) is 1. The third-order valence-corrected chi connectivity index (χ3v) is 3.08. The Morgan fingerprint density at radius 1 is 1.42 bits per heavy atom. The molecule has 0 aliphatic heterocycles. The van der Waals surface area contributed by atoms with E-state index < -0.39 is 11.4 Å². The summed E-state index contributed by atoms with van der Waals surface area (Å²) in [6.45, 7) is 5.90. The zero-order valence-corrected chi connectivity index (χ0v) is 11.9. The predicted octanol–water partition coefficient (Wildman–Crippen LogP) is 1.24. The summed E-state index contributed by atoms with van der Waals surface area (Å²) < 4.78 is 1.75. The number of aryl methyl sites for hydroxylation is 1. The minimum atomic E-state index is -0.888. The highest BCUT2D eigenvalue weighted by atomic mass is 16.4. The number of aliphatic carboxylic acids is 1. The number of carbonyl (C=O) groups excluding carboxylic acids is 1. The van der Waals surface area contributed by atoms with E-state index in [1.54, 1.807) is 24.7 Å². The molecule has 0 bridgehead atoms. The standard InChI is InChI=1S/C13H21N3O3/c1-9-10(8-15-16(9)4)7-14-11(17)5-13(2,3)6-12(18)19/h8H,5-7H2,1-4H3,(H,14,17)(H,18,19). The minimum absolute atomic E-state index is 0.0215. The molecule has 0 atom stereocenters. The molecular weight excluding hydrogens is 246 g/mol. The molecule has 2 N–H and O–H groups in total. The van der Waals surface area contributed by atoms with Crippen LogP contribution < -0.4 is 5.32 Å². The van der Waals surface area contributed by atoms with Gasteiger partial charge < -0.3 is 10.4 Å². The first-order valence-corrected chi connectivity index (χ1v) is 6.17. The normalized spacial score (nSPS) is 11.4. The Morgan fingerprint density at radius 3 is 2.53 bits per heavy atom. The second kappa shape index (κ2) is 5.86. The Labute approximate surface area is 112 Å². The number of nitrogens with one attached hydrogen (secondary N) is 1. The lowest BCUT2D eigenvalue weighted by molar-refractivity contribution is -0.139. The van der Waals surface area contributed by atoms with Crippen molar-refractivity contribution in [2.24, 2.45) is 12.5 Å². The van der Waals surface area contributed by atoms with E-state index in [0.717, 1.165) is 11.3 Å². The van der Waals surface area contributed by atoms with E-state index in [4.69, 9.17) is 5.11 Å². The maximum atomic E-state index is 11.8. The van der Waals surface area contributed by atoms with E-state index >= 15 is 0 Å². The Hall–Kier alpha value is -1.85. The van der Waals surface area contributed by atoms with Crippen LogP contribution in [0, 0.1) is 12.3 Å². The van der Waals surface area contributed by atoms with Crippen molar-refractivity contribution < 1.29 is 14.7 Å². The van der Waals surface area contributed by atoms with Gasteiger partial charge in [-0.1, -0.05) is 13.8 Å². The van der Waals surface area contributed by atoms with E-state index in [0.29, 0.717) is 6.54 Å². The monoisotopic (exact) mass is 267 g/mol. The third kappa shape index (κ3) is 4.73. The zero-order chi connectivity index (χ0) is 14.6. The van der Waals surface area contributed by atoms with Gasteiger partial charge in [-0.05, 0) is 12.3 Å². The smallest absolute Gasteiger partial charge is 0.303 e. The van der Waals surface area contributed by atoms with Crippen molar-refractivity contribution in [3.05, 3.63) is 17.5 Å². The van der Waals surface area contributed by atoms with E-state index in [9.17, 15) is 9.59 Å². The summed E-state index contributed by atoms with van der Waals surface area (Å²) in [4.78, 5) is 22.5. The first-order valence-electron chi connectivity index (χ1n) is 6.17. The minimum Gasteiger partial charge on any atom is -0.481 e. The Bertz CT molecular complexity index is 477. The molecule has 0 aliphatic rings. The molecule has 6 heteroatoms. The van der Waals surface area contributed by atoms with Crippen molar-refractivity contribution in [3.63, 3.8) is 0 Å². The van der Waals surface area contributed by atoms with Gasteiger partial charge in [0.05, 0.1) is 12.6 Å². The van der Waals surface area contributed by atoms with Gasteiger partial charge in [-0.15, -0.1) is 0 Å². The van der Waals surface area contributed by atoms with Crippen LogP contribution in [0.3, 0.4) is 0 Å². The second-order valence-electron chi connectivity index (χ2n) is 5.57. The fourth-order valence-corrected chi connectivity index (χ4v) is 1.88. The van der Waals surface area contributed by atoms with E-state index in [2.05, 4.69) is 10.4 Å². The SMILES string of the molecule is Cc1c(CNC(=O)CC(C)(C)CC(=O)O)cnn1C. The molecule has 0 saturated heterocycles. The third-order valence-electron chi connectivity index (χ3n) is 3.08. The van der Waals surface area contributed by atoms with Crippen LogP contribution in [0.4, 0.5) is 0 Å². The maximum absolute atomic E-state index is 11.8. The fourth-order valence-electron chi connectivity index (χ4n) is 1.88. The largest absolute Gasteiger partial charge is 0.481 e. The summed E-state index contributed by atoms with van der Waals surface area (Å²) in [6, 6.07) is 0. The number of carboxylic acids is 1. The van der Waals surface area contributed by atoms with Crippen molar-refractivity contribution in [1.82, 2.24) is 15.1 Å². The molecular formula is C13H21N3O3. The van der Waals surface area contributed by atoms with Crippen LogP contribution in [0.15, 0.2) is 6.20 Å². The number of nitrogens with zero attached hydrogens (tertiary/aromatic N) is 2. The average Bonchev–Trinajstić information content (AvgIpc) is 2.54. The van der Waals surface area contributed by atoms with Gasteiger partial charge in [-0.25, -0.2) is 0 Å². The van der Waals surface area contributed by atoms with E-state index in [-0.39, 0.29) is 18.7 Å². The average molecular weight is 267 g/mol. The lowest BCUT2D eigenvalue weighted by Gasteiger charge is -2.21. The van der Waals surface area contributed by atoms with Crippen molar-refractivity contribution in [1.29, 1.82) is 0 Å². The molecule has 0 unspecified atom stereocenters. The molecule has 106 valence electrons. The first-order chi connectivity index (χ1) is 8.71. The van der Waals surface area contributed by atoms with Crippen LogP contribution in [-0.4, -0.2) is 26.8 Å². The van der Waals surface area contributed by atoms with Crippen LogP contribution in [0.1, 0.15) is 37.9 Å². The zero-order valence-electron chi connectivity index (χ0n) is 11.9. The Balaban J connectivity index is 2.48. The van der Waals surface area contributed by atoms with Crippen molar-refractivity contribution >= 4 is 11.9 Å². The summed E-state index contributed by atoms with van der Waals surface area (Å²) in [6.07, 6.45) is 1.89. The molecule has 1 heterocycles. The number of hydrogen-bond acceptors (Lipinski definition) is 3. The van der Waals surface area contributed by atoms with Crippen LogP contribution in [0.2, 0.25) is 0 Å². The molecule has 1 amide bonds. The van der Waals surface area contributed by atoms with Crippen LogP contribution >= 0.6 is 0 Å². The van der Waals surface area contributed by atoms with Gasteiger partial charge in [0.15, 0.2) is 0 Å². The lowest BCUT2D eigenvalue weighted by Crippen LogP contribution is -2.29. The molecule has 0 radical (unpaired) electrons. The van der Waals surface area contributed by atoms with Crippen molar-refractivity contribution in [2.75, 3.05) is 0 Å². The molecule has 1 aromatic rings. The highest BCUT2D eigenvalue weighted by molar-refractivity contribution is 5.77. The summed E-state index contributed by atoms with van der Waals surface area (Å²) in [5.41, 5.74) is 1.43. The number of carbonyl (C=O) groups is 2. The molecule has 0 aromatic carbocycles. The van der Waals surface area contributed by atoms with Crippen LogP contribution in [0.5, 0.6) is 0 Å². The quantitative estimate of drug-likeness (QED) is 0.812. The molecule has 6 nitrogen and oxygen atoms in total. The predicted molar refractivity (Wildman–Crippen MR) is 70.4 cm³/mol. The molecule has 0 aliphatic carbocycles. The number of amides is 1. The van der Waals surface area contributed by atoms with Crippen LogP contribution in [0.25, 0.3) is 0 Å².